The molecule has 0 aliphatic carbocycles. The van der Waals surface area contributed by atoms with E-state index in [0.29, 0.717) is 0 Å². The number of hydrogen-bond acceptors (Lipinski definition) is 2. The molecular formula is C18H19N3O. The summed E-state index contributed by atoms with van der Waals surface area (Å²) in [5, 5.41) is 2.95. The predicted octanol–water partition coefficient (Wildman–Crippen LogP) is 3.99. The van der Waals surface area contributed by atoms with E-state index >= 15 is 0 Å². The maximum atomic E-state index is 12.1. The fraction of sp³-hybridized carbons (Fsp3) is 0.222. The smallest absolute Gasteiger partial charge is 0.229 e. The SMILES string of the molecule is CC(C)(C)C(=O)Nc1cccc(-c2cn3ccccc3n2)c1. The van der Waals surface area contributed by atoms with Gasteiger partial charge in [0.05, 0.1) is 5.69 Å². The highest BCUT2D eigenvalue weighted by Gasteiger charge is 2.21. The number of carbonyl (C=O) groups is 1. The zero-order valence-electron chi connectivity index (χ0n) is 13.0. The molecule has 1 N–H and O–H groups in total. The van der Waals surface area contributed by atoms with Crippen LogP contribution in [0.5, 0.6) is 0 Å². The second-order valence-electron chi connectivity index (χ2n) is 6.38. The molecule has 0 bridgehead atoms. The van der Waals surface area contributed by atoms with E-state index in [1.165, 1.54) is 0 Å². The Morgan fingerprint density at radius 1 is 1.14 bits per heavy atom. The summed E-state index contributed by atoms with van der Waals surface area (Å²) in [6.45, 7) is 5.69. The van der Waals surface area contributed by atoms with Gasteiger partial charge in [0.15, 0.2) is 0 Å². The van der Waals surface area contributed by atoms with Crippen LogP contribution in [0.25, 0.3) is 16.9 Å². The van der Waals surface area contributed by atoms with E-state index in [0.717, 1.165) is 22.6 Å². The van der Waals surface area contributed by atoms with Gasteiger partial charge in [0.1, 0.15) is 5.65 Å². The van der Waals surface area contributed by atoms with Gasteiger partial charge in [-0.15, -0.1) is 0 Å². The topological polar surface area (TPSA) is 46.4 Å². The molecule has 2 aromatic heterocycles. The Bertz CT molecular complexity index is 794. The maximum absolute atomic E-state index is 12.1. The lowest BCUT2D eigenvalue weighted by atomic mass is 9.95. The van der Waals surface area contributed by atoms with E-state index in [-0.39, 0.29) is 5.91 Å². The number of rotatable bonds is 2. The van der Waals surface area contributed by atoms with Crippen LogP contribution in [0, 0.1) is 5.41 Å². The van der Waals surface area contributed by atoms with Crippen molar-refractivity contribution >= 4 is 17.2 Å². The van der Waals surface area contributed by atoms with Crippen molar-refractivity contribution < 1.29 is 4.79 Å². The first kappa shape index (κ1) is 14.3. The summed E-state index contributed by atoms with van der Waals surface area (Å²) in [7, 11) is 0. The molecule has 0 aliphatic heterocycles. The lowest BCUT2D eigenvalue weighted by molar-refractivity contribution is -0.123. The molecule has 0 atom stereocenters. The van der Waals surface area contributed by atoms with E-state index in [9.17, 15) is 4.79 Å². The van der Waals surface area contributed by atoms with Crippen LogP contribution in [-0.4, -0.2) is 15.3 Å². The Kier molecular flexibility index (Phi) is 3.45. The molecule has 22 heavy (non-hydrogen) atoms. The van der Waals surface area contributed by atoms with Crippen LogP contribution in [0.4, 0.5) is 5.69 Å². The van der Waals surface area contributed by atoms with E-state index in [4.69, 9.17) is 0 Å². The quantitative estimate of drug-likeness (QED) is 0.776. The molecule has 0 saturated heterocycles. The summed E-state index contributed by atoms with van der Waals surface area (Å²) in [5.74, 6) is -0.000323. The molecule has 0 unspecified atom stereocenters. The molecule has 3 rings (SSSR count). The normalized spacial score (nSPS) is 11.6. The zero-order valence-corrected chi connectivity index (χ0v) is 13.0. The van der Waals surface area contributed by atoms with Crippen molar-refractivity contribution in [2.45, 2.75) is 20.8 Å². The van der Waals surface area contributed by atoms with Crippen molar-refractivity contribution in [2.75, 3.05) is 5.32 Å². The van der Waals surface area contributed by atoms with Gasteiger partial charge in [0.25, 0.3) is 0 Å². The Morgan fingerprint density at radius 3 is 2.68 bits per heavy atom. The lowest BCUT2D eigenvalue weighted by Crippen LogP contribution is -2.27. The summed E-state index contributed by atoms with van der Waals surface area (Å²) in [4.78, 5) is 16.7. The van der Waals surface area contributed by atoms with Crippen LogP contribution in [-0.2, 0) is 4.79 Å². The Labute approximate surface area is 129 Å². The van der Waals surface area contributed by atoms with Gasteiger partial charge in [-0.3, -0.25) is 4.79 Å². The van der Waals surface area contributed by atoms with Crippen LogP contribution in [0.15, 0.2) is 54.9 Å². The first-order valence-electron chi connectivity index (χ1n) is 7.29. The zero-order chi connectivity index (χ0) is 15.7. The number of benzene rings is 1. The number of pyridine rings is 1. The Balaban J connectivity index is 1.92. The molecule has 0 spiro atoms. The van der Waals surface area contributed by atoms with Gasteiger partial charge in [-0.05, 0) is 24.3 Å². The third-order valence-corrected chi connectivity index (χ3v) is 3.46. The van der Waals surface area contributed by atoms with Crippen molar-refractivity contribution in [2.24, 2.45) is 5.41 Å². The number of carbonyl (C=O) groups excluding carboxylic acids is 1. The monoisotopic (exact) mass is 293 g/mol. The molecule has 112 valence electrons. The molecule has 1 amide bonds. The first-order valence-corrected chi connectivity index (χ1v) is 7.29. The Hall–Kier alpha value is -2.62. The number of nitrogens with zero attached hydrogens (tertiary/aromatic N) is 2. The van der Waals surface area contributed by atoms with Gasteiger partial charge in [0, 0.05) is 29.1 Å². The molecule has 0 radical (unpaired) electrons. The molecule has 0 saturated carbocycles. The highest BCUT2D eigenvalue weighted by atomic mass is 16.2. The Morgan fingerprint density at radius 2 is 1.95 bits per heavy atom. The molecule has 1 aromatic carbocycles. The van der Waals surface area contributed by atoms with E-state index in [1.807, 2.05) is 80.0 Å². The number of amides is 1. The fourth-order valence-corrected chi connectivity index (χ4v) is 2.15. The lowest BCUT2D eigenvalue weighted by Gasteiger charge is -2.17. The average molecular weight is 293 g/mol. The van der Waals surface area contributed by atoms with Crippen molar-refractivity contribution in [3.8, 4) is 11.3 Å². The van der Waals surface area contributed by atoms with Crippen molar-refractivity contribution in [3.63, 3.8) is 0 Å². The average Bonchev–Trinajstić information content (AvgIpc) is 2.90. The summed E-state index contributed by atoms with van der Waals surface area (Å²) in [5.41, 5.74) is 3.14. The molecule has 4 nitrogen and oxygen atoms in total. The number of imidazole rings is 1. The minimum absolute atomic E-state index is 0.000323. The molecule has 2 heterocycles. The van der Waals surface area contributed by atoms with Crippen LogP contribution in [0.1, 0.15) is 20.8 Å². The highest BCUT2D eigenvalue weighted by Crippen LogP contribution is 2.24. The number of nitrogens with one attached hydrogen (secondary N) is 1. The molecule has 0 aliphatic rings. The van der Waals surface area contributed by atoms with Gasteiger partial charge in [0.2, 0.25) is 5.91 Å². The third-order valence-electron chi connectivity index (χ3n) is 3.46. The second-order valence-corrected chi connectivity index (χ2v) is 6.38. The van der Waals surface area contributed by atoms with Crippen LogP contribution in [0.3, 0.4) is 0 Å². The van der Waals surface area contributed by atoms with Gasteiger partial charge < -0.3 is 9.72 Å². The number of hydrogen-bond donors (Lipinski definition) is 1. The molecular weight excluding hydrogens is 274 g/mol. The minimum Gasteiger partial charge on any atom is -0.326 e. The van der Waals surface area contributed by atoms with E-state index < -0.39 is 5.41 Å². The molecule has 3 aromatic rings. The van der Waals surface area contributed by atoms with Crippen molar-refractivity contribution in [1.29, 1.82) is 0 Å². The van der Waals surface area contributed by atoms with Crippen LogP contribution >= 0.6 is 0 Å². The molecule has 4 heteroatoms. The number of fused-ring (bicyclic) bond motifs is 1. The van der Waals surface area contributed by atoms with Crippen LogP contribution in [0.2, 0.25) is 0 Å². The van der Waals surface area contributed by atoms with Crippen LogP contribution < -0.4 is 5.32 Å². The summed E-state index contributed by atoms with van der Waals surface area (Å²) in [6, 6.07) is 13.7. The maximum Gasteiger partial charge on any atom is 0.229 e. The van der Waals surface area contributed by atoms with E-state index in [1.54, 1.807) is 0 Å². The summed E-state index contributed by atoms with van der Waals surface area (Å²) < 4.78 is 1.98. The summed E-state index contributed by atoms with van der Waals surface area (Å²) in [6.07, 6.45) is 3.96. The number of aromatic nitrogens is 2. The standard InChI is InChI=1S/C18H19N3O/c1-18(2,3)17(22)19-14-8-6-7-13(11-14)15-12-21-10-5-4-9-16(21)20-15/h4-12H,1-3H3,(H,19,22). The number of anilines is 1. The minimum atomic E-state index is -0.418. The second kappa shape index (κ2) is 5.30. The summed E-state index contributed by atoms with van der Waals surface area (Å²) >= 11 is 0. The van der Waals surface area contributed by atoms with Gasteiger partial charge in [-0.25, -0.2) is 4.98 Å². The highest BCUT2D eigenvalue weighted by molar-refractivity contribution is 5.95. The first-order chi connectivity index (χ1) is 10.4. The van der Waals surface area contributed by atoms with Crippen molar-refractivity contribution in [1.82, 2.24) is 9.38 Å². The van der Waals surface area contributed by atoms with Gasteiger partial charge in [-0.1, -0.05) is 39.0 Å². The van der Waals surface area contributed by atoms with E-state index in [2.05, 4.69) is 10.3 Å². The largest absolute Gasteiger partial charge is 0.326 e. The third kappa shape index (κ3) is 2.86. The van der Waals surface area contributed by atoms with Gasteiger partial charge >= 0.3 is 0 Å². The predicted molar refractivity (Wildman–Crippen MR) is 88.7 cm³/mol. The fourth-order valence-electron chi connectivity index (χ4n) is 2.15. The van der Waals surface area contributed by atoms with Gasteiger partial charge in [-0.2, -0.15) is 0 Å². The van der Waals surface area contributed by atoms with Crippen molar-refractivity contribution in [3.05, 3.63) is 54.9 Å². The molecule has 0 fully saturated rings.